The van der Waals surface area contributed by atoms with E-state index in [1.807, 2.05) is 0 Å². The monoisotopic (exact) mass is 347 g/mol. The SMILES string of the molecule is CC(C)(C)OC(=O)NC(C=O)c1cc(Br)ccc1Cl. The number of aldehydes is 1. The lowest BCUT2D eigenvalue weighted by molar-refractivity contribution is -0.109. The summed E-state index contributed by atoms with van der Waals surface area (Å²) in [5, 5.41) is 2.87. The van der Waals surface area contributed by atoms with Crippen molar-refractivity contribution in [3.63, 3.8) is 0 Å². The molecule has 1 rings (SSSR count). The first kappa shape index (κ1) is 16.0. The molecule has 0 heterocycles. The van der Waals surface area contributed by atoms with Crippen molar-refractivity contribution in [2.75, 3.05) is 0 Å². The normalized spacial score (nSPS) is 12.7. The third kappa shape index (κ3) is 5.20. The first-order valence-corrected chi connectivity index (χ1v) is 6.80. The molecule has 19 heavy (non-hydrogen) atoms. The predicted molar refractivity (Wildman–Crippen MR) is 77.3 cm³/mol. The fraction of sp³-hybridized carbons (Fsp3) is 0.385. The number of benzene rings is 1. The van der Waals surface area contributed by atoms with Gasteiger partial charge in [-0.15, -0.1) is 0 Å². The molecule has 0 aliphatic heterocycles. The number of rotatable bonds is 3. The highest BCUT2D eigenvalue weighted by Crippen LogP contribution is 2.26. The lowest BCUT2D eigenvalue weighted by atomic mass is 10.1. The van der Waals surface area contributed by atoms with Crippen LogP contribution >= 0.6 is 27.5 Å². The number of hydrogen-bond donors (Lipinski definition) is 1. The van der Waals surface area contributed by atoms with E-state index >= 15 is 0 Å². The number of carbonyl (C=O) groups excluding carboxylic acids is 2. The zero-order valence-corrected chi connectivity index (χ0v) is 13.2. The van der Waals surface area contributed by atoms with Crippen molar-refractivity contribution in [1.29, 1.82) is 0 Å². The molecule has 0 spiro atoms. The molecule has 1 aromatic rings. The van der Waals surface area contributed by atoms with Crippen LogP contribution in [0.4, 0.5) is 4.79 Å². The molecular formula is C13H15BrClNO3. The zero-order chi connectivity index (χ0) is 14.6. The van der Waals surface area contributed by atoms with Gasteiger partial charge in [0, 0.05) is 15.1 Å². The Bertz CT molecular complexity index is 485. The molecule has 1 aromatic carbocycles. The molecule has 1 amide bonds. The molecule has 0 radical (unpaired) electrons. The molecule has 1 atom stereocenters. The molecule has 0 saturated carbocycles. The maximum Gasteiger partial charge on any atom is 0.408 e. The standard InChI is InChI=1S/C13H15BrClNO3/c1-13(2,3)19-12(18)16-11(7-17)9-6-8(14)4-5-10(9)15/h4-7,11H,1-3H3,(H,16,18). The molecule has 104 valence electrons. The van der Waals surface area contributed by atoms with E-state index in [1.54, 1.807) is 39.0 Å². The predicted octanol–water partition coefficient (Wildman–Crippen LogP) is 3.87. The smallest absolute Gasteiger partial charge is 0.408 e. The number of ether oxygens (including phenoxy) is 1. The van der Waals surface area contributed by atoms with Gasteiger partial charge in [0.1, 0.15) is 17.9 Å². The molecule has 0 aromatic heterocycles. The molecule has 0 aliphatic rings. The van der Waals surface area contributed by atoms with Gasteiger partial charge in [-0.1, -0.05) is 27.5 Å². The molecule has 0 fully saturated rings. The summed E-state index contributed by atoms with van der Waals surface area (Å²) >= 11 is 9.30. The van der Waals surface area contributed by atoms with Crippen LogP contribution in [-0.2, 0) is 9.53 Å². The fourth-order valence-corrected chi connectivity index (χ4v) is 1.99. The lowest BCUT2D eigenvalue weighted by Gasteiger charge is -2.22. The summed E-state index contributed by atoms with van der Waals surface area (Å²) in [6.07, 6.45) is -0.0574. The molecule has 1 N–H and O–H groups in total. The third-order valence-electron chi connectivity index (χ3n) is 2.10. The van der Waals surface area contributed by atoms with Crippen LogP contribution in [0.3, 0.4) is 0 Å². The summed E-state index contributed by atoms with van der Waals surface area (Å²) in [7, 11) is 0. The van der Waals surface area contributed by atoms with Gasteiger partial charge in [-0.2, -0.15) is 0 Å². The van der Waals surface area contributed by atoms with Gasteiger partial charge < -0.3 is 14.8 Å². The molecule has 0 aliphatic carbocycles. The van der Waals surface area contributed by atoms with Gasteiger partial charge in [0.05, 0.1) is 0 Å². The molecule has 4 nitrogen and oxygen atoms in total. The van der Waals surface area contributed by atoms with Crippen LogP contribution in [0.15, 0.2) is 22.7 Å². The van der Waals surface area contributed by atoms with E-state index < -0.39 is 17.7 Å². The quantitative estimate of drug-likeness (QED) is 0.844. The fourth-order valence-electron chi connectivity index (χ4n) is 1.37. The van der Waals surface area contributed by atoms with Gasteiger partial charge in [-0.3, -0.25) is 0 Å². The first-order chi connectivity index (χ1) is 8.73. The largest absolute Gasteiger partial charge is 0.444 e. The van der Waals surface area contributed by atoms with Crippen molar-refractivity contribution >= 4 is 39.9 Å². The number of nitrogens with one attached hydrogen (secondary N) is 1. The van der Waals surface area contributed by atoms with Crippen LogP contribution in [-0.4, -0.2) is 18.0 Å². The Hall–Kier alpha value is -1.07. The van der Waals surface area contributed by atoms with Gasteiger partial charge in [0.2, 0.25) is 0 Å². The average Bonchev–Trinajstić information content (AvgIpc) is 2.27. The summed E-state index contributed by atoms with van der Waals surface area (Å²) in [5.41, 5.74) is -0.115. The lowest BCUT2D eigenvalue weighted by Crippen LogP contribution is -2.35. The van der Waals surface area contributed by atoms with Crippen LogP contribution < -0.4 is 5.32 Å². The second-order valence-corrected chi connectivity index (χ2v) is 6.25. The zero-order valence-electron chi connectivity index (χ0n) is 10.9. The average molecular weight is 349 g/mol. The molecular weight excluding hydrogens is 334 g/mol. The van der Waals surface area contributed by atoms with E-state index in [2.05, 4.69) is 21.2 Å². The van der Waals surface area contributed by atoms with Crippen molar-refractivity contribution < 1.29 is 14.3 Å². The molecule has 0 bridgehead atoms. The topological polar surface area (TPSA) is 55.4 Å². The Morgan fingerprint density at radius 3 is 2.63 bits per heavy atom. The third-order valence-corrected chi connectivity index (χ3v) is 2.94. The van der Waals surface area contributed by atoms with Crippen LogP contribution in [0.5, 0.6) is 0 Å². The van der Waals surface area contributed by atoms with Gasteiger partial charge in [-0.25, -0.2) is 4.79 Å². The maximum absolute atomic E-state index is 11.7. The second kappa shape index (κ2) is 6.39. The Balaban J connectivity index is 2.87. The van der Waals surface area contributed by atoms with E-state index in [1.165, 1.54) is 0 Å². The van der Waals surface area contributed by atoms with E-state index in [0.29, 0.717) is 16.9 Å². The number of amides is 1. The maximum atomic E-state index is 11.7. The van der Waals surface area contributed by atoms with Crippen LogP contribution in [0.2, 0.25) is 5.02 Å². The first-order valence-electron chi connectivity index (χ1n) is 5.62. The number of halogens is 2. The minimum atomic E-state index is -0.847. The van der Waals surface area contributed by atoms with Crippen molar-refractivity contribution in [1.82, 2.24) is 5.32 Å². The summed E-state index contributed by atoms with van der Waals surface area (Å²) in [6.45, 7) is 5.23. The van der Waals surface area contributed by atoms with Gasteiger partial charge in [0.25, 0.3) is 0 Å². The van der Waals surface area contributed by atoms with E-state index in [0.717, 1.165) is 4.47 Å². The van der Waals surface area contributed by atoms with E-state index in [-0.39, 0.29) is 0 Å². The minimum absolute atomic E-state index is 0.399. The van der Waals surface area contributed by atoms with Crippen LogP contribution in [0, 0.1) is 0 Å². The highest BCUT2D eigenvalue weighted by atomic mass is 79.9. The Kier molecular flexibility index (Phi) is 5.38. The van der Waals surface area contributed by atoms with Crippen molar-refractivity contribution in [3.8, 4) is 0 Å². The Morgan fingerprint density at radius 2 is 2.11 bits per heavy atom. The van der Waals surface area contributed by atoms with Gasteiger partial charge >= 0.3 is 6.09 Å². The highest BCUT2D eigenvalue weighted by Gasteiger charge is 2.21. The van der Waals surface area contributed by atoms with Crippen molar-refractivity contribution in [2.24, 2.45) is 0 Å². The Morgan fingerprint density at radius 1 is 1.47 bits per heavy atom. The van der Waals surface area contributed by atoms with E-state index in [4.69, 9.17) is 16.3 Å². The van der Waals surface area contributed by atoms with E-state index in [9.17, 15) is 9.59 Å². The summed E-state index contributed by atoms with van der Waals surface area (Å²) < 4.78 is 5.87. The minimum Gasteiger partial charge on any atom is -0.444 e. The van der Waals surface area contributed by atoms with Crippen molar-refractivity contribution in [2.45, 2.75) is 32.4 Å². The Labute approximate surface area is 125 Å². The molecule has 1 unspecified atom stereocenters. The number of alkyl carbamates (subject to hydrolysis) is 1. The number of carbonyl (C=O) groups is 2. The number of hydrogen-bond acceptors (Lipinski definition) is 3. The highest BCUT2D eigenvalue weighted by molar-refractivity contribution is 9.10. The van der Waals surface area contributed by atoms with Crippen LogP contribution in [0.25, 0.3) is 0 Å². The van der Waals surface area contributed by atoms with Crippen LogP contribution in [0.1, 0.15) is 32.4 Å². The summed E-state index contributed by atoms with van der Waals surface area (Å²) in [4.78, 5) is 22.8. The van der Waals surface area contributed by atoms with Crippen molar-refractivity contribution in [3.05, 3.63) is 33.3 Å². The molecule has 6 heteroatoms. The summed E-state index contributed by atoms with van der Waals surface area (Å²) in [6, 6.07) is 4.23. The van der Waals surface area contributed by atoms with Gasteiger partial charge in [-0.05, 0) is 39.0 Å². The van der Waals surface area contributed by atoms with Gasteiger partial charge in [0.15, 0.2) is 0 Å². The second-order valence-electron chi connectivity index (χ2n) is 4.93. The molecule has 0 saturated heterocycles. The summed E-state index contributed by atoms with van der Waals surface area (Å²) in [5.74, 6) is 0.